The van der Waals surface area contributed by atoms with Crippen LogP contribution in [-0.2, 0) is 18.9 Å². The molecule has 42 heavy (non-hydrogen) atoms. The van der Waals surface area contributed by atoms with E-state index >= 15 is 0 Å². The van der Waals surface area contributed by atoms with E-state index in [1.54, 1.807) is 97.9 Å². The summed E-state index contributed by atoms with van der Waals surface area (Å²) in [7, 11) is 0. The van der Waals surface area contributed by atoms with Crippen LogP contribution in [0.5, 0.6) is 0 Å². The van der Waals surface area contributed by atoms with Crippen molar-refractivity contribution in [3.63, 3.8) is 0 Å². The Morgan fingerprint density at radius 1 is 0.786 bits per heavy atom. The molecule has 1 aromatic heterocycles. The number of aryl methyl sites for hydroxylation is 1. The van der Waals surface area contributed by atoms with E-state index < -0.39 is 41.7 Å². The van der Waals surface area contributed by atoms with E-state index in [2.05, 4.69) is 9.97 Å². The first-order chi connectivity index (χ1) is 20.4. The summed E-state index contributed by atoms with van der Waals surface area (Å²) < 4.78 is 23.5. The molecule has 1 aliphatic rings. The third-order valence-corrected chi connectivity index (χ3v) is 7.26. The average molecular weight is 587 g/mol. The number of esters is 3. The predicted molar refractivity (Wildman–Crippen MR) is 152 cm³/mol. The Kier molecular flexibility index (Phi) is 9.10. The number of aromatic amines is 1. The third-order valence-electron chi connectivity index (χ3n) is 6.24. The second-order valence-corrected chi connectivity index (χ2v) is 10.4. The van der Waals surface area contributed by atoms with Crippen LogP contribution in [0.4, 0.5) is 0 Å². The minimum absolute atomic E-state index is 0.209. The molecule has 0 radical (unpaired) electrons. The number of hydrogen-bond donors (Lipinski definition) is 1. The molecule has 0 saturated carbocycles. The first kappa shape index (κ1) is 28.8. The van der Waals surface area contributed by atoms with Crippen molar-refractivity contribution >= 4 is 29.7 Å². The van der Waals surface area contributed by atoms with Gasteiger partial charge in [0.15, 0.2) is 22.8 Å². The summed E-state index contributed by atoms with van der Waals surface area (Å²) in [5, 5.41) is 0.209. The van der Waals surface area contributed by atoms with Gasteiger partial charge < -0.3 is 23.9 Å². The molecule has 4 atom stereocenters. The Labute approximate surface area is 245 Å². The maximum absolute atomic E-state index is 13.2. The number of nitrogens with one attached hydrogen (secondary N) is 1. The van der Waals surface area contributed by atoms with Crippen LogP contribution in [0.2, 0.25) is 0 Å². The molecule has 0 bridgehead atoms. The van der Waals surface area contributed by atoms with Gasteiger partial charge in [-0.15, -0.1) is 0 Å². The molecule has 1 N–H and O–H groups in total. The number of thioether (sulfide) groups is 1. The van der Waals surface area contributed by atoms with Gasteiger partial charge in [-0.05, 0) is 43.3 Å². The lowest BCUT2D eigenvalue weighted by atomic mass is 10.1. The molecule has 10 nitrogen and oxygen atoms in total. The normalized spacial score (nSPS) is 19.5. The van der Waals surface area contributed by atoms with Gasteiger partial charge in [0, 0.05) is 11.8 Å². The lowest BCUT2D eigenvalue weighted by Crippen LogP contribution is -2.41. The highest BCUT2D eigenvalue weighted by Gasteiger charge is 2.51. The van der Waals surface area contributed by atoms with Gasteiger partial charge in [0.2, 0.25) is 0 Å². The second kappa shape index (κ2) is 13.3. The summed E-state index contributed by atoms with van der Waals surface area (Å²) in [5.74, 6) is -1.97. The summed E-state index contributed by atoms with van der Waals surface area (Å²) in [4.78, 5) is 58.1. The molecule has 1 saturated heterocycles. The number of H-pyrrole nitrogens is 1. The fraction of sp³-hybridized carbons (Fsp3) is 0.194. The van der Waals surface area contributed by atoms with E-state index in [1.165, 1.54) is 6.07 Å². The second-order valence-electron chi connectivity index (χ2n) is 9.29. The number of ether oxygens (including phenoxy) is 4. The largest absolute Gasteiger partial charge is 0.459 e. The average Bonchev–Trinajstić information content (AvgIpc) is 3.31. The van der Waals surface area contributed by atoms with Crippen molar-refractivity contribution in [3.05, 3.63) is 130 Å². The summed E-state index contributed by atoms with van der Waals surface area (Å²) >= 11 is 0.988. The molecule has 0 amide bonds. The van der Waals surface area contributed by atoms with E-state index in [0.717, 1.165) is 11.8 Å². The van der Waals surface area contributed by atoms with Crippen LogP contribution in [0.3, 0.4) is 0 Å². The Hall–Kier alpha value is -4.74. The van der Waals surface area contributed by atoms with Crippen molar-refractivity contribution in [2.45, 2.75) is 35.8 Å². The number of carbonyl (C=O) groups is 3. The molecule has 1 fully saturated rings. The van der Waals surface area contributed by atoms with Gasteiger partial charge in [0.25, 0.3) is 5.56 Å². The molecule has 214 valence electrons. The summed E-state index contributed by atoms with van der Waals surface area (Å²) in [5.41, 5.74) is -0.0231. The van der Waals surface area contributed by atoms with Crippen molar-refractivity contribution < 1.29 is 33.3 Å². The zero-order chi connectivity index (χ0) is 29.5. The van der Waals surface area contributed by atoms with Crippen molar-refractivity contribution in [1.82, 2.24) is 9.97 Å². The van der Waals surface area contributed by atoms with Gasteiger partial charge in [0.1, 0.15) is 12.7 Å². The predicted octanol–water partition coefficient (Wildman–Crippen LogP) is 4.20. The molecule has 5 rings (SSSR count). The molecular formula is C31H26N2O8S. The van der Waals surface area contributed by atoms with E-state index in [-0.39, 0.29) is 28.4 Å². The van der Waals surface area contributed by atoms with Crippen LogP contribution < -0.4 is 5.56 Å². The maximum Gasteiger partial charge on any atom is 0.338 e. The van der Waals surface area contributed by atoms with Gasteiger partial charge in [0.05, 0.1) is 16.7 Å². The topological polar surface area (TPSA) is 134 Å². The smallest absolute Gasteiger partial charge is 0.338 e. The molecule has 11 heteroatoms. The minimum atomic E-state index is -1.18. The zero-order valence-electron chi connectivity index (χ0n) is 22.4. The monoisotopic (exact) mass is 586 g/mol. The number of benzene rings is 3. The molecule has 4 aromatic rings. The quantitative estimate of drug-likeness (QED) is 0.173. The van der Waals surface area contributed by atoms with Gasteiger partial charge in [-0.2, -0.15) is 0 Å². The molecule has 1 aliphatic heterocycles. The maximum atomic E-state index is 13.2. The van der Waals surface area contributed by atoms with Crippen LogP contribution >= 0.6 is 11.8 Å². The Bertz CT molecular complexity index is 1600. The number of nitrogens with zero attached hydrogens (tertiary/aromatic N) is 1. The number of carbonyl (C=O) groups excluding carboxylic acids is 3. The van der Waals surface area contributed by atoms with Gasteiger partial charge in [-0.25, -0.2) is 19.4 Å². The van der Waals surface area contributed by atoms with Crippen LogP contribution in [0.1, 0.15) is 36.8 Å². The Balaban J connectivity index is 1.46. The fourth-order valence-electron chi connectivity index (χ4n) is 4.25. The number of aromatic nitrogens is 2. The number of hydrogen-bond acceptors (Lipinski definition) is 10. The molecule has 0 aliphatic carbocycles. The van der Waals surface area contributed by atoms with Gasteiger partial charge in [-0.3, -0.25) is 4.79 Å². The standard InChI is InChI=1S/C31H26N2O8S/c1-19-17-24(34)33-31(32-19)42-30-26(41-29(37)22-15-9-4-10-16-22)25(40-28(36)21-13-7-3-8-14-21)23(39-30)18-38-27(35)20-11-5-2-6-12-20/h2-17,23,25-26,30H,18H2,1H3,(H,32,33,34)/t23-,25-,26+,30-/m1/s1. The highest BCUT2D eigenvalue weighted by Crippen LogP contribution is 2.37. The molecule has 3 aromatic carbocycles. The Morgan fingerprint density at radius 2 is 1.29 bits per heavy atom. The molecule has 2 heterocycles. The van der Waals surface area contributed by atoms with Crippen LogP contribution in [-0.4, -0.2) is 58.2 Å². The SMILES string of the molecule is Cc1cc(=O)[nH]c(S[C@H]2O[C@H](COC(=O)c3ccccc3)[C@@H](OC(=O)c3ccccc3)[C@@H]2OC(=O)c2ccccc2)n1. The third kappa shape index (κ3) is 7.12. The fourth-order valence-corrected chi connectivity index (χ4v) is 5.37. The minimum Gasteiger partial charge on any atom is -0.459 e. The van der Waals surface area contributed by atoms with Crippen molar-refractivity contribution in [2.75, 3.05) is 6.61 Å². The van der Waals surface area contributed by atoms with Crippen molar-refractivity contribution in [1.29, 1.82) is 0 Å². The van der Waals surface area contributed by atoms with Gasteiger partial charge >= 0.3 is 17.9 Å². The van der Waals surface area contributed by atoms with Crippen molar-refractivity contribution in [3.8, 4) is 0 Å². The van der Waals surface area contributed by atoms with E-state index in [0.29, 0.717) is 11.3 Å². The van der Waals surface area contributed by atoms with Crippen LogP contribution in [0.15, 0.2) is 107 Å². The summed E-state index contributed by atoms with van der Waals surface area (Å²) in [6, 6.07) is 26.3. The Morgan fingerprint density at radius 3 is 1.81 bits per heavy atom. The first-order valence-electron chi connectivity index (χ1n) is 13.0. The molecule has 0 spiro atoms. The van der Waals surface area contributed by atoms with E-state index in [9.17, 15) is 19.2 Å². The summed E-state index contributed by atoms with van der Waals surface area (Å²) in [6.45, 7) is 1.35. The van der Waals surface area contributed by atoms with Crippen LogP contribution in [0.25, 0.3) is 0 Å². The lowest BCUT2D eigenvalue weighted by molar-refractivity contribution is -0.0435. The summed E-state index contributed by atoms with van der Waals surface area (Å²) in [6.07, 6.45) is -3.36. The first-order valence-corrected chi connectivity index (χ1v) is 13.9. The molecular weight excluding hydrogens is 560 g/mol. The zero-order valence-corrected chi connectivity index (χ0v) is 23.2. The van der Waals surface area contributed by atoms with E-state index in [4.69, 9.17) is 18.9 Å². The van der Waals surface area contributed by atoms with Crippen LogP contribution in [0, 0.1) is 6.92 Å². The highest BCUT2D eigenvalue weighted by molar-refractivity contribution is 7.99. The van der Waals surface area contributed by atoms with Crippen molar-refractivity contribution in [2.24, 2.45) is 0 Å². The van der Waals surface area contributed by atoms with E-state index in [1.807, 2.05) is 0 Å². The lowest BCUT2D eigenvalue weighted by Gasteiger charge is -2.24. The number of rotatable bonds is 9. The van der Waals surface area contributed by atoms with Gasteiger partial charge in [-0.1, -0.05) is 66.4 Å². The highest BCUT2D eigenvalue weighted by atomic mass is 32.2. The molecule has 0 unspecified atom stereocenters.